The largest absolute Gasteiger partial charge is 0.388 e. The first-order valence-corrected chi connectivity index (χ1v) is 4.87. The molecular formula is C9H17NO5. The molecule has 0 aromatic carbocycles. The van der Waals surface area contributed by atoms with Gasteiger partial charge in [0.1, 0.15) is 24.4 Å². The first-order chi connectivity index (χ1) is 6.93. The topological polar surface area (TPSA) is 99.0 Å². The maximum atomic E-state index is 10.7. The van der Waals surface area contributed by atoms with Gasteiger partial charge in [0.2, 0.25) is 5.91 Å². The van der Waals surface area contributed by atoms with Crippen LogP contribution in [0.3, 0.4) is 0 Å². The zero-order valence-corrected chi connectivity index (χ0v) is 8.75. The predicted molar refractivity (Wildman–Crippen MR) is 51.0 cm³/mol. The number of carbonyl (C=O) groups excluding carboxylic acids is 1. The van der Waals surface area contributed by atoms with Gasteiger partial charge in [0, 0.05) is 13.5 Å². The number of amides is 1. The van der Waals surface area contributed by atoms with E-state index in [2.05, 4.69) is 5.32 Å². The van der Waals surface area contributed by atoms with Crippen LogP contribution in [0.25, 0.3) is 0 Å². The Morgan fingerprint density at radius 3 is 2.40 bits per heavy atom. The molecular weight excluding hydrogens is 202 g/mol. The molecule has 88 valence electrons. The highest BCUT2D eigenvalue weighted by atomic mass is 16.5. The summed E-state index contributed by atoms with van der Waals surface area (Å²) >= 11 is 0. The van der Waals surface area contributed by atoms with Gasteiger partial charge < -0.3 is 25.4 Å². The summed E-state index contributed by atoms with van der Waals surface area (Å²) in [6, 6.07) is 0. The molecule has 1 rings (SSSR count). The Kier molecular flexibility index (Phi) is 4.04. The van der Waals surface area contributed by atoms with Crippen molar-refractivity contribution in [2.24, 2.45) is 0 Å². The number of carbonyl (C=O) groups is 1. The van der Waals surface area contributed by atoms with E-state index in [1.807, 2.05) is 0 Å². The minimum atomic E-state index is -1.24. The first-order valence-electron chi connectivity index (χ1n) is 4.87. The molecule has 0 spiro atoms. The lowest BCUT2D eigenvalue weighted by Crippen LogP contribution is -2.59. The second-order valence-corrected chi connectivity index (χ2v) is 3.79. The Balaban J connectivity index is 2.54. The van der Waals surface area contributed by atoms with E-state index in [4.69, 9.17) is 4.74 Å². The third kappa shape index (κ3) is 2.88. The number of hydrogen-bond acceptors (Lipinski definition) is 5. The summed E-state index contributed by atoms with van der Waals surface area (Å²) in [7, 11) is 0. The molecule has 0 aromatic heterocycles. The molecule has 0 aromatic rings. The monoisotopic (exact) mass is 219 g/mol. The summed E-state index contributed by atoms with van der Waals surface area (Å²) in [5, 5.41) is 30.9. The number of aliphatic hydroxyl groups excluding tert-OH is 3. The molecule has 4 N–H and O–H groups in total. The lowest BCUT2D eigenvalue weighted by molar-refractivity contribution is -0.215. The number of aliphatic hydroxyl groups is 3. The van der Waals surface area contributed by atoms with E-state index in [1.54, 1.807) is 6.92 Å². The van der Waals surface area contributed by atoms with Gasteiger partial charge in [0.15, 0.2) is 0 Å². The van der Waals surface area contributed by atoms with Crippen LogP contribution in [0.2, 0.25) is 0 Å². The molecule has 6 heteroatoms. The van der Waals surface area contributed by atoms with Crippen LogP contribution in [0, 0.1) is 0 Å². The van der Waals surface area contributed by atoms with Gasteiger partial charge >= 0.3 is 0 Å². The van der Waals surface area contributed by atoms with Gasteiger partial charge in [-0.05, 0) is 6.92 Å². The van der Waals surface area contributed by atoms with Crippen LogP contribution < -0.4 is 5.32 Å². The van der Waals surface area contributed by atoms with Crippen molar-refractivity contribution in [3.8, 4) is 0 Å². The second-order valence-electron chi connectivity index (χ2n) is 3.79. The number of rotatable bonds is 2. The third-order valence-electron chi connectivity index (χ3n) is 2.50. The molecule has 0 bridgehead atoms. The SMILES string of the molecule is CC(=O)NCC1OC(C)C(O)C(O)C1O. The summed E-state index contributed by atoms with van der Waals surface area (Å²) in [6.07, 6.45) is -4.80. The van der Waals surface area contributed by atoms with Crippen molar-refractivity contribution in [3.05, 3.63) is 0 Å². The van der Waals surface area contributed by atoms with E-state index in [9.17, 15) is 20.1 Å². The fourth-order valence-corrected chi connectivity index (χ4v) is 1.55. The van der Waals surface area contributed by atoms with Crippen LogP contribution in [0.4, 0.5) is 0 Å². The average Bonchev–Trinajstić information content (AvgIpc) is 2.18. The Morgan fingerprint density at radius 2 is 1.87 bits per heavy atom. The van der Waals surface area contributed by atoms with Crippen molar-refractivity contribution in [2.45, 2.75) is 44.4 Å². The maximum Gasteiger partial charge on any atom is 0.216 e. The highest BCUT2D eigenvalue weighted by Gasteiger charge is 2.41. The Labute approximate surface area is 87.9 Å². The van der Waals surface area contributed by atoms with Gasteiger partial charge in [-0.1, -0.05) is 0 Å². The molecule has 0 saturated carbocycles. The van der Waals surface area contributed by atoms with Gasteiger partial charge in [-0.2, -0.15) is 0 Å². The Bertz CT molecular complexity index is 235. The highest BCUT2D eigenvalue weighted by molar-refractivity contribution is 5.72. The van der Waals surface area contributed by atoms with Gasteiger partial charge in [0.05, 0.1) is 6.10 Å². The lowest BCUT2D eigenvalue weighted by atomic mass is 9.95. The molecule has 0 radical (unpaired) electrons. The molecule has 0 aliphatic carbocycles. The summed E-state index contributed by atoms with van der Waals surface area (Å²) in [5.74, 6) is -0.237. The molecule has 1 fully saturated rings. The van der Waals surface area contributed by atoms with Crippen molar-refractivity contribution < 1.29 is 24.9 Å². The van der Waals surface area contributed by atoms with Crippen LogP contribution in [0.1, 0.15) is 13.8 Å². The van der Waals surface area contributed by atoms with Crippen molar-refractivity contribution in [1.29, 1.82) is 0 Å². The van der Waals surface area contributed by atoms with Gasteiger partial charge in [-0.3, -0.25) is 4.79 Å². The van der Waals surface area contributed by atoms with E-state index in [0.29, 0.717) is 0 Å². The van der Waals surface area contributed by atoms with E-state index in [-0.39, 0.29) is 12.5 Å². The maximum absolute atomic E-state index is 10.7. The van der Waals surface area contributed by atoms with Crippen molar-refractivity contribution >= 4 is 5.91 Å². The van der Waals surface area contributed by atoms with E-state index < -0.39 is 30.5 Å². The van der Waals surface area contributed by atoms with E-state index >= 15 is 0 Å². The quantitative estimate of drug-likeness (QED) is 0.430. The minimum absolute atomic E-state index is 0.116. The van der Waals surface area contributed by atoms with Gasteiger partial charge in [-0.25, -0.2) is 0 Å². The zero-order chi connectivity index (χ0) is 11.6. The van der Waals surface area contributed by atoms with Crippen LogP contribution >= 0.6 is 0 Å². The standard InChI is InChI=1S/C9H17NO5/c1-4-7(12)9(14)8(13)6(15-4)3-10-5(2)11/h4,6-9,12-14H,3H2,1-2H3,(H,10,11). The molecule has 1 saturated heterocycles. The molecule has 6 nitrogen and oxygen atoms in total. The smallest absolute Gasteiger partial charge is 0.216 e. The van der Waals surface area contributed by atoms with Gasteiger partial charge in [0.25, 0.3) is 0 Å². The van der Waals surface area contributed by atoms with Crippen LogP contribution in [-0.2, 0) is 9.53 Å². The van der Waals surface area contributed by atoms with E-state index in [0.717, 1.165) is 0 Å². The fraction of sp³-hybridized carbons (Fsp3) is 0.889. The Hall–Kier alpha value is -0.690. The molecule has 1 heterocycles. The molecule has 5 unspecified atom stereocenters. The molecule has 1 aliphatic heterocycles. The molecule has 1 aliphatic rings. The molecule has 1 amide bonds. The van der Waals surface area contributed by atoms with Gasteiger partial charge in [-0.15, -0.1) is 0 Å². The average molecular weight is 219 g/mol. The number of nitrogens with one attached hydrogen (secondary N) is 1. The highest BCUT2D eigenvalue weighted by Crippen LogP contribution is 2.20. The summed E-state index contributed by atoms with van der Waals surface area (Å²) in [5.41, 5.74) is 0. The van der Waals surface area contributed by atoms with Crippen LogP contribution in [0.15, 0.2) is 0 Å². The fourth-order valence-electron chi connectivity index (χ4n) is 1.55. The Morgan fingerprint density at radius 1 is 1.27 bits per heavy atom. The summed E-state index contributed by atoms with van der Waals surface area (Å²) < 4.78 is 5.26. The minimum Gasteiger partial charge on any atom is -0.388 e. The van der Waals surface area contributed by atoms with Crippen LogP contribution in [-0.4, -0.2) is 58.3 Å². The van der Waals surface area contributed by atoms with Crippen molar-refractivity contribution in [2.75, 3.05) is 6.54 Å². The number of ether oxygens (including phenoxy) is 1. The third-order valence-corrected chi connectivity index (χ3v) is 2.50. The first kappa shape index (κ1) is 12.4. The molecule has 5 atom stereocenters. The summed E-state index contributed by atoms with van der Waals surface area (Å²) in [6.45, 7) is 3.06. The second kappa shape index (κ2) is 4.89. The van der Waals surface area contributed by atoms with Crippen molar-refractivity contribution in [1.82, 2.24) is 5.32 Å². The van der Waals surface area contributed by atoms with Crippen LogP contribution in [0.5, 0.6) is 0 Å². The number of hydrogen-bond donors (Lipinski definition) is 4. The summed E-state index contributed by atoms with van der Waals surface area (Å²) in [4.78, 5) is 10.7. The predicted octanol–water partition coefficient (Wildman–Crippen LogP) is -2.01. The normalized spacial score (nSPS) is 41.3. The molecule has 15 heavy (non-hydrogen) atoms. The van der Waals surface area contributed by atoms with Crippen molar-refractivity contribution in [3.63, 3.8) is 0 Å². The zero-order valence-electron chi connectivity index (χ0n) is 8.75. The van der Waals surface area contributed by atoms with E-state index in [1.165, 1.54) is 6.92 Å². The lowest BCUT2D eigenvalue weighted by Gasteiger charge is -2.39.